The molecule has 0 aliphatic carbocycles. The van der Waals surface area contributed by atoms with Crippen LogP contribution in [0.1, 0.15) is 5.56 Å². The van der Waals surface area contributed by atoms with Gasteiger partial charge in [0.2, 0.25) is 0 Å². The number of hydrogen-bond acceptors (Lipinski definition) is 3. The number of para-hydroxylation sites is 1. The van der Waals surface area contributed by atoms with Crippen LogP contribution in [0.2, 0.25) is 0 Å². The third-order valence-electron chi connectivity index (χ3n) is 1.64. The van der Waals surface area contributed by atoms with Gasteiger partial charge in [-0.25, -0.2) is 0 Å². The molecule has 0 heterocycles. The van der Waals surface area contributed by atoms with Crippen molar-refractivity contribution in [2.75, 3.05) is 18.6 Å². The molecule has 0 aliphatic heterocycles. The van der Waals surface area contributed by atoms with E-state index in [1.165, 1.54) is 0 Å². The Morgan fingerprint density at radius 2 is 2.21 bits per heavy atom. The van der Waals surface area contributed by atoms with Gasteiger partial charge in [0.25, 0.3) is 0 Å². The van der Waals surface area contributed by atoms with Crippen LogP contribution in [-0.2, 0) is 10.8 Å². The molecular weight excluding hydrogens is 198 g/mol. The number of ether oxygens (including phenoxy) is 1. The number of benzene rings is 1. The number of nitrogens with zero attached hydrogens (tertiary/aromatic N) is 1. The van der Waals surface area contributed by atoms with Gasteiger partial charge in [0, 0.05) is 17.1 Å². The normalized spacial score (nSPS) is 11.7. The van der Waals surface area contributed by atoms with Crippen molar-refractivity contribution < 1.29 is 8.95 Å². The lowest BCUT2D eigenvalue weighted by Gasteiger charge is -2.05. The third kappa shape index (κ3) is 3.19. The fraction of sp³-hybridized carbons (Fsp3) is 0.300. The second kappa shape index (κ2) is 5.40. The van der Waals surface area contributed by atoms with E-state index in [-0.39, 0.29) is 0 Å². The molecule has 0 aliphatic rings. The Hall–Kier alpha value is -1.34. The van der Waals surface area contributed by atoms with Crippen LogP contribution in [-0.4, -0.2) is 22.8 Å². The van der Waals surface area contributed by atoms with E-state index >= 15 is 0 Å². The van der Waals surface area contributed by atoms with Crippen molar-refractivity contribution in [3.05, 3.63) is 29.8 Å². The van der Waals surface area contributed by atoms with Gasteiger partial charge in [-0.2, -0.15) is 5.26 Å². The summed E-state index contributed by atoms with van der Waals surface area (Å²) in [5, 5.41) is 8.74. The highest BCUT2D eigenvalue weighted by atomic mass is 32.2. The molecule has 1 rings (SSSR count). The van der Waals surface area contributed by atoms with E-state index in [9.17, 15) is 4.21 Å². The second-order valence-electron chi connectivity index (χ2n) is 2.73. The highest BCUT2D eigenvalue weighted by molar-refractivity contribution is 7.84. The van der Waals surface area contributed by atoms with Gasteiger partial charge in [0.1, 0.15) is 11.8 Å². The zero-order chi connectivity index (χ0) is 10.4. The second-order valence-corrected chi connectivity index (χ2v) is 4.29. The van der Waals surface area contributed by atoms with Crippen LogP contribution >= 0.6 is 0 Å². The molecule has 3 nitrogen and oxygen atoms in total. The van der Waals surface area contributed by atoms with Crippen molar-refractivity contribution in [1.29, 1.82) is 5.26 Å². The molecule has 0 radical (unpaired) electrons. The van der Waals surface area contributed by atoms with Gasteiger partial charge < -0.3 is 4.74 Å². The van der Waals surface area contributed by atoms with Crippen molar-refractivity contribution in [1.82, 2.24) is 0 Å². The van der Waals surface area contributed by atoms with E-state index in [0.717, 1.165) is 0 Å². The Labute approximate surface area is 85.8 Å². The maximum atomic E-state index is 10.8. The Kier molecular flexibility index (Phi) is 4.14. The summed E-state index contributed by atoms with van der Waals surface area (Å²) in [5.74, 6) is 1.04. The average Bonchev–Trinajstić information content (AvgIpc) is 2.18. The Morgan fingerprint density at radius 1 is 1.50 bits per heavy atom. The molecular formula is C10H11NO2S. The summed E-state index contributed by atoms with van der Waals surface area (Å²) >= 11 is 0. The van der Waals surface area contributed by atoms with Crippen LogP contribution in [0.25, 0.3) is 0 Å². The van der Waals surface area contributed by atoms with Crippen molar-refractivity contribution in [3.63, 3.8) is 0 Å². The van der Waals surface area contributed by atoms with Crippen molar-refractivity contribution >= 4 is 10.8 Å². The molecule has 0 N–H and O–H groups in total. The molecule has 74 valence electrons. The Morgan fingerprint density at radius 3 is 2.86 bits per heavy atom. The molecule has 0 spiro atoms. The summed E-state index contributed by atoms with van der Waals surface area (Å²) in [6.07, 6.45) is 1.62. The zero-order valence-corrected chi connectivity index (χ0v) is 8.71. The lowest BCUT2D eigenvalue weighted by atomic mass is 10.2. The van der Waals surface area contributed by atoms with Crippen LogP contribution in [0.3, 0.4) is 0 Å². The number of nitriles is 1. The van der Waals surface area contributed by atoms with E-state index in [0.29, 0.717) is 23.7 Å². The third-order valence-corrected chi connectivity index (χ3v) is 2.38. The summed E-state index contributed by atoms with van der Waals surface area (Å²) in [6, 6.07) is 9.04. The first-order chi connectivity index (χ1) is 6.74. The predicted octanol–water partition coefficient (Wildman–Crippen LogP) is 1.32. The lowest BCUT2D eigenvalue weighted by Crippen LogP contribution is -2.07. The van der Waals surface area contributed by atoms with Crippen LogP contribution in [0.4, 0.5) is 0 Å². The predicted molar refractivity (Wildman–Crippen MR) is 55.6 cm³/mol. The summed E-state index contributed by atoms with van der Waals surface area (Å²) in [7, 11) is -0.856. The number of rotatable bonds is 4. The highest BCUT2D eigenvalue weighted by Crippen LogP contribution is 2.16. The van der Waals surface area contributed by atoms with E-state index in [2.05, 4.69) is 0 Å². The SMILES string of the molecule is CS(=O)CCOc1ccccc1C#N. The molecule has 0 saturated carbocycles. The van der Waals surface area contributed by atoms with Gasteiger partial charge in [0.05, 0.1) is 17.9 Å². The first-order valence-electron chi connectivity index (χ1n) is 4.16. The fourth-order valence-corrected chi connectivity index (χ4v) is 1.27. The van der Waals surface area contributed by atoms with Crippen molar-refractivity contribution in [2.24, 2.45) is 0 Å². The van der Waals surface area contributed by atoms with E-state index < -0.39 is 10.8 Å². The van der Waals surface area contributed by atoms with Gasteiger partial charge in [-0.3, -0.25) is 4.21 Å². The minimum Gasteiger partial charge on any atom is -0.491 e. The molecule has 4 heteroatoms. The summed E-state index contributed by atoms with van der Waals surface area (Å²) < 4.78 is 16.1. The largest absolute Gasteiger partial charge is 0.491 e. The molecule has 0 aromatic heterocycles. The molecule has 1 atom stereocenters. The van der Waals surface area contributed by atoms with Gasteiger partial charge >= 0.3 is 0 Å². The molecule has 0 saturated heterocycles. The van der Waals surface area contributed by atoms with Crippen molar-refractivity contribution in [2.45, 2.75) is 0 Å². The Bertz CT molecular complexity index is 371. The van der Waals surface area contributed by atoms with Gasteiger partial charge in [-0.1, -0.05) is 12.1 Å². The molecule has 1 aromatic rings. The monoisotopic (exact) mass is 209 g/mol. The van der Waals surface area contributed by atoms with Crippen LogP contribution in [0.5, 0.6) is 5.75 Å². The molecule has 1 aromatic carbocycles. The first-order valence-corrected chi connectivity index (χ1v) is 5.88. The van der Waals surface area contributed by atoms with Crippen LogP contribution < -0.4 is 4.74 Å². The maximum absolute atomic E-state index is 10.8. The minimum atomic E-state index is -0.856. The average molecular weight is 209 g/mol. The lowest BCUT2D eigenvalue weighted by molar-refractivity contribution is 0.342. The van der Waals surface area contributed by atoms with Gasteiger partial charge in [-0.15, -0.1) is 0 Å². The summed E-state index contributed by atoms with van der Waals surface area (Å²) in [4.78, 5) is 0. The summed E-state index contributed by atoms with van der Waals surface area (Å²) in [5.41, 5.74) is 0.509. The summed E-state index contributed by atoms with van der Waals surface area (Å²) in [6.45, 7) is 0.377. The standard InChI is InChI=1S/C10H11NO2S/c1-14(12)7-6-13-10-5-3-2-4-9(10)8-11/h2-5H,6-7H2,1H3. The molecule has 1 unspecified atom stereocenters. The van der Waals surface area contributed by atoms with E-state index in [1.54, 1.807) is 30.5 Å². The van der Waals surface area contributed by atoms with Crippen molar-refractivity contribution in [3.8, 4) is 11.8 Å². The number of hydrogen-bond donors (Lipinski definition) is 0. The highest BCUT2D eigenvalue weighted by Gasteiger charge is 2.01. The topological polar surface area (TPSA) is 50.1 Å². The van der Waals surface area contributed by atoms with Crippen LogP contribution in [0, 0.1) is 11.3 Å². The maximum Gasteiger partial charge on any atom is 0.137 e. The first kappa shape index (κ1) is 10.7. The smallest absolute Gasteiger partial charge is 0.137 e. The van der Waals surface area contributed by atoms with Crippen LogP contribution in [0.15, 0.2) is 24.3 Å². The minimum absolute atomic E-state index is 0.377. The molecule has 0 bridgehead atoms. The zero-order valence-electron chi connectivity index (χ0n) is 7.90. The van der Waals surface area contributed by atoms with Gasteiger partial charge in [0.15, 0.2) is 0 Å². The molecule has 0 amide bonds. The van der Waals surface area contributed by atoms with Gasteiger partial charge in [-0.05, 0) is 12.1 Å². The fourth-order valence-electron chi connectivity index (χ4n) is 0.954. The molecule has 14 heavy (non-hydrogen) atoms. The van der Waals surface area contributed by atoms with E-state index in [1.807, 2.05) is 6.07 Å². The molecule has 0 fully saturated rings. The quantitative estimate of drug-likeness (QED) is 0.751. The van der Waals surface area contributed by atoms with E-state index in [4.69, 9.17) is 10.00 Å². The Balaban J connectivity index is 2.59.